The number of nitrogens with two attached hydrogens (primary N) is 1. The topological polar surface area (TPSA) is 116 Å². The van der Waals surface area contributed by atoms with Crippen molar-refractivity contribution in [1.82, 2.24) is 24.5 Å². The van der Waals surface area contributed by atoms with Crippen LogP contribution in [0.25, 0.3) is 5.78 Å². The van der Waals surface area contributed by atoms with Gasteiger partial charge in [0.2, 0.25) is 5.95 Å². The highest BCUT2D eigenvalue weighted by atomic mass is 16.5. The van der Waals surface area contributed by atoms with E-state index in [2.05, 4.69) is 15.1 Å². The Morgan fingerprint density at radius 1 is 1.20 bits per heavy atom. The first-order chi connectivity index (χ1) is 14.3. The number of rotatable bonds is 7. The Morgan fingerprint density at radius 2 is 1.90 bits per heavy atom. The molecule has 0 fully saturated rings. The average Bonchev–Trinajstić information content (AvgIpc) is 3.11. The molecule has 3 aromatic rings. The van der Waals surface area contributed by atoms with Gasteiger partial charge >= 0.3 is 5.97 Å². The number of esters is 1. The molecule has 0 aliphatic carbocycles. The summed E-state index contributed by atoms with van der Waals surface area (Å²) in [6.07, 6.45) is 0.550. The normalized spacial score (nSPS) is 12.0. The first-order valence-electron chi connectivity index (χ1n) is 9.72. The van der Waals surface area contributed by atoms with Crippen LogP contribution in [0.15, 0.2) is 30.3 Å². The number of carbonyl (C=O) groups is 2. The minimum atomic E-state index is -0.443. The van der Waals surface area contributed by atoms with Crippen molar-refractivity contribution >= 4 is 23.6 Å². The zero-order chi connectivity index (χ0) is 21.8. The van der Waals surface area contributed by atoms with Crippen molar-refractivity contribution in [3.05, 3.63) is 52.8 Å². The first kappa shape index (κ1) is 21.2. The molecular weight excluding hydrogens is 384 g/mol. The molecule has 9 nitrogen and oxygen atoms in total. The van der Waals surface area contributed by atoms with Crippen LogP contribution in [0.3, 0.4) is 0 Å². The molecule has 2 N–H and O–H groups in total. The lowest BCUT2D eigenvalue weighted by atomic mass is 10.1. The summed E-state index contributed by atoms with van der Waals surface area (Å²) in [6.45, 7) is 5.37. The van der Waals surface area contributed by atoms with E-state index in [4.69, 9.17) is 10.5 Å². The fraction of sp³-hybridized carbons (Fsp3) is 0.381. The van der Waals surface area contributed by atoms with Crippen molar-refractivity contribution in [3.63, 3.8) is 0 Å². The zero-order valence-electron chi connectivity index (χ0n) is 17.6. The van der Waals surface area contributed by atoms with E-state index in [0.29, 0.717) is 12.2 Å². The highest BCUT2D eigenvalue weighted by molar-refractivity contribution is 5.80. The van der Waals surface area contributed by atoms with Gasteiger partial charge in [0.15, 0.2) is 6.61 Å². The molecule has 2 aromatic heterocycles. The van der Waals surface area contributed by atoms with Crippen LogP contribution in [0.2, 0.25) is 0 Å². The van der Waals surface area contributed by atoms with Gasteiger partial charge in [-0.1, -0.05) is 30.3 Å². The lowest BCUT2D eigenvalue weighted by Crippen LogP contribution is -2.33. The number of amides is 1. The number of anilines is 1. The largest absolute Gasteiger partial charge is 0.456 e. The van der Waals surface area contributed by atoms with Crippen molar-refractivity contribution in [2.24, 2.45) is 0 Å². The van der Waals surface area contributed by atoms with Gasteiger partial charge in [0.05, 0.1) is 6.04 Å². The second-order valence-corrected chi connectivity index (χ2v) is 7.19. The van der Waals surface area contributed by atoms with Gasteiger partial charge in [-0.05, 0) is 38.3 Å². The molecule has 158 valence electrons. The summed E-state index contributed by atoms with van der Waals surface area (Å²) < 4.78 is 6.76. The number of likely N-dealkylation sites (N-methyl/N-ethyl adjacent to an activating group) is 1. The molecule has 0 bridgehead atoms. The Kier molecular flexibility index (Phi) is 6.29. The van der Waals surface area contributed by atoms with Gasteiger partial charge in [0.25, 0.3) is 11.7 Å². The number of carbonyl (C=O) groups excluding carboxylic acids is 2. The molecule has 0 radical (unpaired) electrons. The number of nitrogens with zero attached hydrogens (tertiary/aromatic N) is 5. The standard InChI is InChI=1S/C21H26N6O3/c1-13-17(15(3)27-21(23-13)24-20(22)25-27)10-11-19(29)30-12-18(28)26(4)14(2)16-8-6-5-7-9-16/h5-9,14H,10-12H2,1-4H3,(H2,22,25)/t14-/m1/s1. The van der Waals surface area contributed by atoms with Gasteiger partial charge < -0.3 is 15.4 Å². The lowest BCUT2D eigenvalue weighted by molar-refractivity contribution is -0.152. The van der Waals surface area contributed by atoms with E-state index in [9.17, 15) is 9.59 Å². The van der Waals surface area contributed by atoms with Crippen molar-refractivity contribution in [1.29, 1.82) is 0 Å². The second kappa shape index (κ2) is 8.89. The van der Waals surface area contributed by atoms with E-state index in [1.165, 1.54) is 0 Å². The van der Waals surface area contributed by atoms with Gasteiger partial charge in [-0.25, -0.2) is 4.98 Å². The number of ether oxygens (including phenoxy) is 1. The number of aryl methyl sites for hydroxylation is 2. The van der Waals surface area contributed by atoms with Gasteiger partial charge in [-0.2, -0.15) is 9.50 Å². The van der Waals surface area contributed by atoms with Crippen LogP contribution >= 0.6 is 0 Å². The average molecular weight is 410 g/mol. The molecule has 0 aliphatic rings. The van der Waals surface area contributed by atoms with E-state index in [1.54, 1.807) is 16.5 Å². The summed E-state index contributed by atoms with van der Waals surface area (Å²) >= 11 is 0. The van der Waals surface area contributed by atoms with Crippen LogP contribution in [-0.4, -0.2) is 50.0 Å². The third-order valence-electron chi connectivity index (χ3n) is 5.26. The van der Waals surface area contributed by atoms with Crippen LogP contribution < -0.4 is 5.73 Å². The summed E-state index contributed by atoms with van der Waals surface area (Å²) in [4.78, 5) is 34.6. The highest BCUT2D eigenvalue weighted by Gasteiger charge is 2.19. The second-order valence-electron chi connectivity index (χ2n) is 7.19. The molecule has 0 saturated carbocycles. The van der Waals surface area contributed by atoms with Crippen LogP contribution in [0.5, 0.6) is 0 Å². The lowest BCUT2D eigenvalue weighted by Gasteiger charge is -2.25. The highest BCUT2D eigenvalue weighted by Crippen LogP contribution is 2.19. The maximum Gasteiger partial charge on any atom is 0.306 e. The monoisotopic (exact) mass is 410 g/mol. The molecule has 1 atom stereocenters. The van der Waals surface area contributed by atoms with E-state index in [0.717, 1.165) is 22.5 Å². The Bertz CT molecular complexity index is 1060. The fourth-order valence-corrected chi connectivity index (χ4v) is 3.30. The maximum atomic E-state index is 12.4. The van der Waals surface area contributed by atoms with Crippen molar-refractivity contribution < 1.29 is 14.3 Å². The number of nitrogen functional groups attached to an aromatic ring is 1. The molecule has 1 amide bonds. The van der Waals surface area contributed by atoms with Gasteiger partial charge in [0, 0.05) is 24.9 Å². The molecule has 2 heterocycles. The van der Waals surface area contributed by atoms with Crippen LogP contribution in [0.4, 0.5) is 5.95 Å². The summed E-state index contributed by atoms with van der Waals surface area (Å²) in [5.41, 5.74) is 9.11. The number of benzene rings is 1. The van der Waals surface area contributed by atoms with Gasteiger partial charge in [-0.3, -0.25) is 9.59 Å². The van der Waals surface area contributed by atoms with Crippen LogP contribution in [0.1, 0.15) is 41.9 Å². The summed E-state index contributed by atoms with van der Waals surface area (Å²) in [7, 11) is 1.70. The molecule has 9 heteroatoms. The summed E-state index contributed by atoms with van der Waals surface area (Å²) in [5, 5.41) is 4.12. The van der Waals surface area contributed by atoms with Gasteiger partial charge in [-0.15, -0.1) is 5.10 Å². The SMILES string of the molecule is Cc1nc2nc(N)nn2c(C)c1CCC(=O)OCC(=O)N(C)[C@H](C)c1ccccc1. The molecule has 0 aliphatic heterocycles. The smallest absolute Gasteiger partial charge is 0.306 e. The maximum absolute atomic E-state index is 12.4. The molecule has 1 aromatic carbocycles. The van der Waals surface area contributed by atoms with E-state index < -0.39 is 5.97 Å². The quantitative estimate of drug-likeness (QED) is 0.592. The molecule has 0 spiro atoms. The fourth-order valence-electron chi connectivity index (χ4n) is 3.30. The number of hydrogen-bond donors (Lipinski definition) is 1. The third-order valence-corrected chi connectivity index (χ3v) is 5.26. The van der Waals surface area contributed by atoms with Crippen molar-refractivity contribution in [2.75, 3.05) is 19.4 Å². The number of hydrogen-bond acceptors (Lipinski definition) is 7. The molecule has 0 unspecified atom stereocenters. The zero-order valence-corrected chi connectivity index (χ0v) is 17.6. The third kappa shape index (κ3) is 4.56. The predicted octanol–water partition coefficient (Wildman–Crippen LogP) is 2.02. The Morgan fingerprint density at radius 3 is 2.60 bits per heavy atom. The summed E-state index contributed by atoms with van der Waals surface area (Å²) in [6, 6.07) is 9.57. The molecule has 3 rings (SSSR count). The van der Waals surface area contributed by atoms with Crippen LogP contribution in [0, 0.1) is 13.8 Å². The number of fused-ring (bicyclic) bond motifs is 1. The summed E-state index contributed by atoms with van der Waals surface area (Å²) in [5.74, 6) is -0.127. The Balaban J connectivity index is 1.55. The van der Waals surface area contributed by atoms with Crippen molar-refractivity contribution in [2.45, 2.75) is 39.7 Å². The van der Waals surface area contributed by atoms with Crippen LogP contribution in [-0.2, 0) is 20.7 Å². The minimum absolute atomic E-state index is 0.115. The molecule has 30 heavy (non-hydrogen) atoms. The van der Waals surface area contributed by atoms with E-state index in [-0.39, 0.29) is 30.9 Å². The predicted molar refractivity (Wildman–Crippen MR) is 112 cm³/mol. The van der Waals surface area contributed by atoms with E-state index >= 15 is 0 Å². The van der Waals surface area contributed by atoms with Gasteiger partial charge in [0.1, 0.15) is 0 Å². The Hall–Kier alpha value is -3.49. The first-order valence-corrected chi connectivity index (χ1v) is 9.72. The van der Waals surface area contributed by atoms with E-state index in [1.807, 2.05) is 51.1 Å². The number of aromatic nitrogens is 4. The molecular formula is C21H26N6O3. The molecule has 0 saturated heterocycles. The van der Waals surface area contributed by atoms with Crippen molar-refractivity contribution in [3.8, 4) is 0 Å². The Labute approximate surface area is 174 Å². The minimum Gasteiger partial charge on any atom is -0.456 e.